The first-order valence-corrected chi connectivity index (χ1v) is 9.53. The standard InChI is InChI=1S/C16H21NO7.C2H3NO2.C2H4O2/c1-9(19)22-11-6-14(16(20)21-2)24-15(7-11)23-13-4-3-10(8-18)5-12(13)17;1-2(4)3-5;1-2(3)4/h3-5,11,14-15,18H,6-8,17H2,1-2H3;1H3;1H3,(H,3,4). The summed E-state index contributed by atoms with van der Waals surface area (Å²) < 4.78 is 21.1. The predicted molar refractivity (Wildman–Crippen MR) is 113 cm³/mol. The van der Waals surface area contributed by atoms with E-state index >= 15 is 0 Å². The third-order valence-corrected chi connectivity index (χ3v) is 3.69. The van der Waals surface area contributed by atoms with E-state index in [0.717, 1.165) is 13.8 Å². The zero-order valence-corrected chi connectivity index (χ0v) is 18.7. The molecule has 1 heterocycles. The van der Waals surface area contributed by atoms with Gasteiger partial charge in [0, 0.05) is 38.8 Å². The molecule has 0 saturated carbocycles. The van der Waals surface area contributed by atoms with Crippen LogP contribution < -0.4 is 10.5 Å². The number of benzene rings is 1. The highest BCUT2D eigenvalue weighted by molar-refractivity contribution is 5.75. The summed E-state index contributed by atoms with van der Waals surface area (Å²) >= 11 is 0. The number of aliphatic hydroxyl groups is 1. The summed E-state index contributed by atoms with van der Waals surface area (Å²) in [6.45, 7) is 3.35. The predicted octanol–water partition coefficient (Wildman–Crippen LogP) is 1.14. The second kappa shape index (κ2) is 15.3. The summed E-state index contributed by atoms with van der Waals surface area (Å²) in [5.74, 6) is -2.17. The number of nitrogens with two attached hydrogens (primary N) is 1. The first kappa shape index (κ1) is 29.4. The Morgan fingerprint density at radius 2 is 1.76 bits per heavy atom. The molecule has 1 aliphatic rings. The van der Waals surface area contributed by atoms with Crippen molar-refractivity contribution in [3.63, 3.8) is 0 Å². The number of carboxylic acids is 1. The van der Waals surface area contributed by atoms with Gasteiger partial charge in [0.2, 0.25) is 6.29 Å². The highest BCUT2D eigenvalue weighted by atomic mass is 16.7. The second-order valence-corrected chi connectivity index (χ2v) is 6.56. The molecule has 2 rings (SSSR count). The summed E-state index contributed by atoms with van der Waals surface area (Å²) in [6, 6.07) is 4.85. The van der Waals surface area contributed by atoms with Crippen LogP contribution in [0.4, 0.5) is 5.69 Å². The second-order valence-electron chi connectivity index (χ2n) is 6.56. The Bertz CT molecular complexity index is 824. The van der Waals surface area contributed by atoms with Gasteiger partial charge in [-0.15, -0.1) is 4.91 Å². The Morgan fingerprint density at radius 1 is 1.18 bits per heavy atom. The molecule has 1 fully saturated rings. The fraction of sp³-hybridized carbons (Fsp3) is 0.500. The molecule has 1 saturated heterocycles. The van der Waals surface area contributed by atoms with Crippen molar-refractivity contribution in [2.45, 2.75) is 58.7 Å². The summed E-state index contributed by atoms with van der Waals surface area (Å²) in [6.07, 6.45) is -1.78. The van der Waals surface area contributed by atoms with Gasteiger partial charge >= 0.3 is 11.9 Å². The van der Waals surface area contributed by atoms with Gasteiger partial charge in [-0.05, 0) is 17.7 Å². The highest BCUT2D eigenvalue weighted by Crippen LogP contribution is 2.29. The molecule has 1 amide bonds. The van der Waals surface area contributed by atoms with Crippen molar-refractivity contribution in [2.24, 2.45) is 5.18 Å². The Kier molecular flexibility index (Phi) is 13.6. The van der Waals surface area contributed by atoms with Crippen molar-refractivity contribution in [1.29, 1.82) is 0 Å². The molecule has 0 radical (unpaired) electrons. The van der Waals surface area contributed by atoms with E-state index in [2.05, 4.69) is 4.74 Å². The fourth-order valence-electron chi connectivity index (χ4n) is 2.48. The molecule has 0 aromatic heterocycles. The van der Waals surface area contributed by atoms with Crippen LogP contribution in [0.2, 0.25) is 0 Å². The average Bonchev–Trinajstić information content (AvgIpc) is 2.73. The lowest BCUT2D eigenvalue weighted by atomic mass is 10.0. The lowest BCUT2D eigenvalue weighted by molar-refractivity contribution is -0.204. The summed E-state index contributed by atoms with van der Waals surface area (Å²) in [4.78, 5) is 50.2. The van der Waals surface area contributed by atoms with E-state index in [4.69, 9.17) is 39.9 Å². The maximum atomic E-state index is 11.8. The van der Waals surface area contributed by atoms with Crippen LogP contribution in [0.1, 0.15) is 39.2 Å². The van der Waals surface area contributed by atoms with E-state index in [-0.39, 0.29) is 19.4 Å². The van der Waals surface area contributed by atoms with Gasteiger partial charge < -0.3 is 34.9 Å². The van der Waals surface area contributed by atoms with E-state index < -0.39 is 42.3 Å². The van der Waals surface area contributed by atoms with E-state index in [1.807, 2.05) is 5.18 Å². The number of carbonyl (C=O) groups excluding carboxylic acids is 3. The normalized spacial score (nSPS) is 18.8. The van der Waals surface area contributed by atoms with E-state index in [1.165, 1.54) is 14.0 Å². The Balaban J connectivity index is 0.000000968. The molecule has 0 spiro atoms. The first-order valence-electron chi connectivity index (χ1n) is 9.53. The molecule has 1 aliphatic heterocycles. The van der Waals surface area contributed by atoms with Gasteiger partial charge in [0.05, 0.1) is 19.4 Å². The van der Waals surface area contributed by atoms with E-state index in [1.54, 1.807) is 18.2 Å². The van der Waals surface area contributed by atoms with Gasteiger partial charge in [-0.2, -0.15) is 0 Å². The highest BCUT2D eigenvalue weighted by Gasteiger charge is 2.37. The van der Waals surface area contributed by atoms with E-state index in [0.29, 0.717) is 17.0 Å². The number of methoxy groups -OCH3 is 1. The molecule has 0 aliphatic carbocycles. The number of hydrogen-bond acceptors (Lipinski definition) is 11. The van der Waals surface area contributed by atoms with Crippen LogP contribution in [0.3, 0.4) is 0 Å². The number of carboxylic acid groups (broad SMARTS) is 1. The number of hydrogen-bond donors (Lipinski definition) is 3. The molecule has 13 nitrogen and oxygen atoms in total. The minimum absolute atomic E-state index is 0.136. The number of aliphatic hydroxyl groups excluding tert-OH is 1. The van der Waals surface area contributed by atoms with Crippen LogP contribution in [0.15, 0.2) is 23.4 Å². The van der Waals surface area contributed by atoms with Gasteiger partial charge in [-0.25, -0.2) is 4.79 Å². The smallest absolute Gasteiger partial charge is 0.335 e. The van der Waals surface area contributed by atoms with Crippen LogP contribution in [0.5, 0.6) is 5.75 Å². The third-order valence-electron chi connectivity index (χ3n) is 3.69. The van der Waals surface area contributed by atoms with Crippen molar-refractivity contribution < 1.29 is 48.3 Å². The minimum Gasteiger partial charge on any atom is -0.481 e. The average molecular weight is 472 g/mol. The summed E-state index contributed by atoms with van der Waals surface area (Å²) in [5.41, 5.74) is 6.86. The van der Waals surface area contributed by atoms with Crippen LogP contribution in [-0.2, 0) is 40.0 Å². The van der Waals surface area contributed by atoms with Gasteiger partial charge in [0.1, 0.15) is 11.9 Å². The molecule has 33 heavy (non-hydrogen) atoms. The zero-order valence-electron chi connectivity index (χ0n) is 18.7. The number of aliphatic carboxylic acids is 1. The van der Waals surface area contributed by atoms with Crippen molar-refractivity contribution in [1.82, 2.24) is 0 Å². The van der Waals surface area contributed by atoms with Crippen LogP contribution in [0, 0.1) is 4.91 Å². The number of nitrogens with zero attached hydrogens (tertiary/aromatic N) is 1. The molecule has 4 N–H and O–H groups in total. The first-order chi connectivity index (χ1) is 15.4. The molecule has 0 bridgehead atoms. The summed E-state index contributed by atoms with van der Waals surface area (Å²) in [7, 11) is 1.25. The molecular weight excluding hydrogens is 444 g/mol. The topological polar surface area (TPSA) is 201 Å². The minimum atomic E-state index is -0.893. The number of carbonyl (C=O) groups is 4. The molecule has 1 aromatic rings. The Labute approximate surface area is 189 Å². The molecule has 3 atom stereocenters. The Hall–Kier alpha value is -3.58. The lowest BCUT2D eigenvalue weighted by Crippen LogP contribution is -2.44. The number of nitrogen functional groups attached to an aromatic ring is 1. The van der Waals surface area contributed by atoms with Crippen molar-refractivity contribution in [2.75, 3.05) is 12.8 Å². The zero-order chi connectivity index (χ0) is 25.6. The van der Waals surface area contributed by atoms with Gasteiger partial charge in [0.25, 0.3) is 11.9 Å². The Morgan fingerprint density at radius 3 is 2.18 bits per heavy atom. The van der Waals surface area contributed by atoms with Gasteiger partial charge in [-0.3, -0.25) is 14.4 Å². The number of ether oxygens (including phenoxy) is 4. The number of esters is 2. The fourth-order valence-corrected chi connectivity index (χ4v) is 2.48. The van der Waals surface area contributed by atoms with E-state index in [9.17, 15) is 14.4 Å². The van der Waals surface area contributed by atoms with Crippen molar-refractivity contribution in [3.05, 3.63) is 28.7 Å². The largest absolute Gasteiger partial charge is 0.481 e. The van der Waals surface area contributed by atoms with Crippen molar-refractivity contribution >= 4 is 29.5 Å². The lowest BCUT2D eigenvalue weighted by Gasteiger charge is -2.33. The molecule has 184 valence electrons. The third kappa shape index (κ3) is 12.8. The summed E-state index contributed by atoms with van der Waals surface area (Å²) in [5, 5.41) is 18.5. The monoisotopic (exact) mass is 472 g/mol. The van der Waals surface area contributed by atoms with Gasteiger partial charge in [-0.1, -0.05) is 6.07 Å². The molecular formula is C20H28N2O11. The molecule has 13 heteroatoms. The van der Waals surface area contributed by atoms with Gasteiger partial charge in [0.15, 0.2) is 6.10 Å². The van der Waals surface area contributed by atoms with Crippen molar-refractivity contribution in [3.8, 4) is 5.75 Å². The molecule has 3 unspecified atom stereocenters. The number of rotatable bonds is 5. The van der Waals surface area contributed by atoms with Crippen LogP contribution >= 0.6 is 0 Å². The maximum absolute atomic E-state index is 11.8. The van der Waals surface area contributed by atoms with Crippen LogP contribution in [0.25, 0.3) is 0 Å². The molecule has 1 aromatic carbocycles. The van der Waals surface area contributed by atoms with Crippen LogP contribution in [-0.4, -0.2) is 59.6 Å². The number of nitroso groups, excluding NO2 is 1. The quantitative estimate of drug-likeness (QED) is 0.314. The maximum Gasteiger partial charge on any atom is 0.335 e. The number of anilines is 1. The SMILES string of the molecule is CC(=O)N=O.CC(=O)O.COC(=O)C1CC(OC(C)=O)CC(Oc2ccc(CO)cc2N)O1. The number of amides is 1.